The minimum absolute atomic E-state index is 0.0816. The first-order valence-electron chi connectivity index (χ1n) is 9.27. The van der Waals surface area contributed by atoms with E-state index in [1.54, 1.807) is 25.1 Å². The van der Waals surface area contributed by atoms with Crippen LogP contribution in [0.3, 0.4) is 0 Å². The highest BCUT2D eigenvalue weighted by atomic mass is 32.3. The molecule has 0 radical (unpaired) electrons. The molecule has 0 aliphatic rings. The third-order valence-electron chi connectivity index (χ3n) is 4.53. The maximum Gasteiger partial charge on any atom is 0.397 e. The predicted octanol–water partition coefficient (Wildman–Crippen LogP) is 3.11. The lowest BCUT2D eigenvalue weighted by Gasteiger charge is -2.09. The molecule has 15 heteroatoms. The zero-order valence-electron chi connectivity index (χ0n) is 17.4. The molecule has 0 spiro atoms. The monoisotopic (exact) mass is 530 g/mol. The minimum atomic E-state index is -4.78. The van der Waals surface area contributed by atoms with Crippen molar-refractivity contribution in [1.82, 2.24) is 0 Å². The standard InChI is InChI=1S/C19H18N2O10S3/c1-12-2-3-13-11-17(33(25,26)27)18(19(22)16(13)10-12)21-20-14-4-6-15(7-5-14)32(23,24)9-8-31-34(28,29)30/h2-7,10-11,22H,8-9H2,1H3,(H,25,26,27)(H,28,29,30). The van der Waals surface area contributed by atoms with Gasteiger partial charge in [0.1, 0.15) is 10.6 Å². The summed E-state index contributed by atoms with van der Waals surface area (Å²) in [5.41, 5.74) is 0.363. The lowest BCUT2D eigenvalue weighted by atomic mass is 10.1. The number of hydrogen-bond donors (Lipinski definition) is 3. The number of hydrogen-bond acceptors (Lipinski definition) is 10. The van der Waals surface area contributed by atoms with Crippen molar-refractivity contribution < 1.29 is 43.6 Å². The summed E-state index contributed by atoms with van der Waals surface area (Å²) in [7, 11) is -13.5. The van der Waals surface area contributed by atoms with Gasteiger partial charge in [0.25, 0.3) is 10.1 Å². The average Bonchev–Trinajstić information content (AvgIpc) is 2.72. The van der Waals surface area contributed by atoms with Crippen LogP contribution in [-0.2, 0) is 34.5 Å². The lowest BCUT2D eigenvalue weighted by Crippen LogP contribution is -2.15. The molecular formula is C19H18N2O10S3. The number of phenolic OH excluding ortho intramolecular Hbond substituents is 1. The van der Waals surface area contributed by atoms with Crippen LogP contribution >= 0.6 is 0 Å². The molecule has 0 amide bonds. The Morgan fingerprint density at radius 2 is 1.53 bits per heavy atom. The molecule has 0 aliphatic heterocycles. The summed E-state index contributed by atoms with van der Waals surface area (Å²) >= 11 is 0. The van der Waals surface area contributed by atoms with Crippen LogP contribution < -0.4 is 0 Å². The molecule has 3 aromatic carbocycles. The summed E-state index contributed by atoms with van der Waals surface area (Å²) < 4.78 is 91.3. The quantitative estimate of drug-likeness (QED) is 0.287. The highest BCUT2D eigenvalue weighted by Gasteiger charge is 2.22. The van der Waals surface area contributed by atoms with E-state index >= 15 is 0 Å². The van der Waals surface area contributed by atoms with Crippen LogP contribution in [0.5, 0.6) is 5.75 Å². The summed E-state index contributed by atoms with van der Waals surface area (Å²) in [6, 6.07) is 10.8. The first-order valence-corrected chi connectivity index (χ1v) is 13.7. The van der Waals surface area contributed by atoms with Crippen molar-refractivity contribution in [1.29, 1.82) is 0 Å². The topological polar surface area (TPSA) is 197 Å². The molecule has 0 bridgehead atoms. The van der Waals surface area contributed by atoms with E-state index < -0.39 is 59.0 Å². The Morgan fingerprint density at radius 1 is 0.882 bits per heavy atom. The fourth-order valence-electron chi connectivity index (χ4n) is 2.94. The molecule has 3 rings (SSSR count). The summed E-state index contributed by atoms with van der Waals surface area (Å²) in [6.07, 6.45) is 0. The number of benzene rings is 3. The van der Waals surface area contributed by atoms with Gasteiger partial charge in [-0.15, -0.1) is 5.11 Å². The number of phenols is 1. The molecule has 0 saturated carbocycles. The zero-order chi connectivity index (χ0) is 25.3. The van der Waals surface area contributed by atoms with Crippen molar-refractivity contribution in [2.75, 3.05) is 12.4 Å². The Balaban J connectivity index is 1.94. The molecule has 12 nitrogen and oxygen atoms in total. The summed E-state index contributed by atoms with van der Waals surface area (Å²) in [5.74, 6) is -1.24. The predicted molar refractivity (Wildman–Crippen MR) is 120 cm³/mol. The van der Waals surface area contributed by atoms with Gasteiger partial charge < -0.3 is 5.11 Å². The van der Waals surface area contributed by atoms with Crippen molar-refractivity contribution >= 4 is 52.5 Å². The van der Waals surface area contributed by atoms with Crippen molar-refractivity contribution in [3.63, 3.8) is 0 Å². The van der Waals surface area contributed by atoms with Gasteiger partial charge in [0.2, 0.25) is 0 Å². The number of sulfone groups is 1. The highest BCUT2D eigenvalue weighted by molar-refractivity contribution is 7.91. The second kappa shape index (κ2) is 9.36. The number of fused-ring (bicyclic) bond motifs is 1. The van der Waals surface area contributed by atoms with Crippen LogP contribution in [-0.4, -0.2) is 51.8 Å². The lowest BCUT2D eigenvalue weighted by molar-refractivity contribution is 0.284. The maximum absolute atomic E-state index is 12.2. The Morgan fingerprint density at radius 3 is 2.12 bits per heavy atom. The summed E-state index contributed by atoms with van der Waals surface area (Å²) in [6.45, 7) is 0.975. The second-order valence-corrected chi connectivity index (χ2v) is 11.6. The number of aromatic hydroxyl groups is 1. The molecule has 0 aliphatic carbocycles. The third kappa shape index (κ3) is 6.13. The van der Waals surface area contributed by atoms with Crippen molar-refractivity contribution in [2.45, 2.75) is 16.7 Å². The highest BCUT2D eigenvalue weighted by Crippen LogP contribution is 2.41. The molecule has 0 unspecified atom stereocenters. The number of azo groups is 1. The van der Waals surface area contributed by atoms with E-state index in [-0.39, 0.29) is 16.0 Å². The van der Waals surface area contributed by atoms with E-state index in [0.717, 1.165) is 23.8 Å². The molecule has 3 aromatic rings. The van der Waals surface area contributed by atoms with Gasteiger partial charge in [-0.25, -0.2) is 12.6 Å². The summed E-state index contributed by atoms with van der Waals surface area (Å²) in [5, 5.41) is 18.8. The van der Waals surface area contributed by atoms with Gasteiger partial charge in [0, 0.05) is 5.39 Å². The fraction of sp³-hybridized carbons (Fsp3) is 0.158. The minimum Gasteiger partial charge on any atom is -0.505 e. The largest absolute Gasteiger partial charge is 0.505 e. The van der Waals surface area contributed by atoms with Crippen LogP contribution in [0.25, 0.3) is 10.8 Å². The van der Waals surface area contributed by atoms with Crippen molar-refractivity contribution in [2.24, 2.45) is 10.2 Å². The number of rotatable bonds is 8. The second-order valence-electron chi connectivity index (χ2n) is 7.03. The van der Waals surface area contributed by atoms with Gasteiger partial charge in [-0.05, 0) is 48.7 Å². The Kier molecular flexibility index (Phi) is 7.07. The molecule has 182 valence electrons. The van der Waals surface area contributed by atoms with E-state index in [1.807, 2.05) is 0 Å². The van der Waals surface area contributed by atoms with Gasteiger partial charge in [0.15, 0.2) is 15.6 Å². The molecule has 0 fully saturated rings. The normalized spacial score (nSPS) is 13.0. The van der Waals surface area contributed by atoms with E-state index in [1.165, 1.54) is 12.1 Å². The number of aryl methyl sites for hydroxylation is 1. The third-order valence-corrected chi connectivity index (χ3v) is 7.56. The van der Waals surface area contributed by atoms with Crippen LogP contribution in [0.2, 0.25) is 0 Å². The molecule has 0 heterocycles. The van der Waals surface area contributed by atoms with Crippen LogP contribution in [0.15, 0.2) is 68.6 Å². The Hall–Kier alpha value is -2.95. The fourth-order valence-corrected chi connectivity index (χ4v) is 5.09. The molecule has 3 N–H and O–H groups in total. The van der Waals surface area contributed by atoms with Gasteiger partial charge in [-0.1, -0.05) is 17.7 Å². The Bertz CT molecular complexity index is 1600. The first kappa shape index (κ1) is 25.7. The van der Waals surface area contributed by atoms with Crippen LogP contribution in [0.1, 0.15) is 5.56 Å². The van der Waals surface area contributed by atoms with E-state index in [4.69, 9.17) is 4.55 Å². The molecule has 0 saturated heterocycles. The average molecular weight is 531 g/mol. The number of nitrogens with zero attached hydrogens (tertiary/aromatic N) is 2. The maximum atomic E-state index is 12.2. The molecular weight excluding hydrogens is 512 g/mol. The first-order chi connectivity index (χ1) is 15.7. The zero-order valence-corrected chi connectivity index (χ0v) is 19.8. The molecule has 34 heavy (non-hydrogen) atoms. The van der Waals surface area contributed by atoms with Gasteiger partial charge >= 0.3 is 10.4 Å². The summed E-state index contributed by atoms with van der Waals surface area (Å²) in [4.78, 5) is -0.865. The van der Waals surface area contributed by atoms with Crippen molar-refractivity contribution in [3.8, 4) is 5.75 Å². The SMILES string of the molecule is Cc1ccc2cc(S(=O)(=O)O)c(N=Nc3ccc(S(=O)(=O)CCOS(=O)(=O)O)cc3)c(O)c2c1. The van der Waals surface area contributed by atoms with E-state index in [9.17, 15) is 34.9 Å². The van der Waals surface area contributed by atoms with Crippen LogP contribution in [0, 0.1) is 6.92 Å². The molecule has 0 atom stereocenters. The van der Waals surface area contributed by atoms with Gasteiger partial charge in [-0.2, -0.15) is 21.9 Å². The van der Waals surface area contributed by atoms with E-state index in [0.29, 0.717) is 5.39 Å². The van der Waals surface area contributed by atoms with E-state index in [2.05, 4.69) is 14.4 Å². The van der Waals surface area contributed by atoms with Crippen molar-refractivity contribution in [3.05, 3.63) is 54.1 Å². The smallest absolute Gasteiger partial charge is 0.397 e. The van der Waals surface area contributed by atoms with Gasteiger partial charge in [-0.3, -0.25) is 9.11 Å². The Labute approximate surface area is 195 Å². The van der Waals surface area contributed by atoms with Crippen LogP contribution in [0.4, 0.5) is 11.4 Å². The molecule has 0 aromatic heterocycles. The van der Waals surface area contributed by atoms with Gasteiger partial charge in [0.05, 0.1) is 22.9 Å².